The second-order valence-electron chi connectivity index (χ2n) is 27.2. The highest BCUT2D eigenvalue weighted by molar-refractivity contribution is 5.97. The molecule has 1 spiro atoms. The summed E-state index contributed by atoms with van der Waals surface area (Å²) in [5.41, 5.74) is 3.75. The molecular formula is C80H132O5. The van der Waals surface area contributed by atoms with Crippen LogP contribution in [0.15, 0.2) is 48.5 Å². The lowest BCUT2D eigenvalue weighted by Crippen LogP contribution is -2.34. The zero-order valence-electron chi connectivity index (χ0n) is 55.8. The number of esters is 1. The molecule has 2 heterocycles. The Bertz CT molecular complexity index is 2120. The highest BCUT2D eigenvalue weighted by atomic mass is 16.6. The molecule has 0 aliphatic carbocycles. The maximum Gasteiger partial charge on any atom is 0.340 e. The smallest absolute Gasteiger partial charge is 0.340 e. The standard InChI is InChI=1S/C80H132O5/c1-3-5-7-9-11-13-15-17-19-21-23-25-27-29-31-33-35-37-39-41-43-45-47-49-51-53-55-57-61-70-71(78-77(68-75(70)82)84-76-67-69(81)65-66-74(76)80(78)73-64-60-59-63-72(73)79(83)85-80)62-58-56-54-52-50-48-46-44-42-40-38-36-34-32-30-28-26-24-22-20-18-16-14-12-10-8-6-4-2/h59-60,63-68,81-82H,3-58,61-62H2,1-2H3. The molecule has 1 unspecified atom stereocenters. The van der Waals surface area contributed by atoms with Crippen LogP contribution in [0.1, 0.15) is 412 Å². The molecule has 0 radical (unpaired) electrons. The van der Waals surface area contributed by atoms with Crippen molar-refractivity contribution in [3.05, 3.63) is 81.9 Å². The van der Waals surface area contributed by atoms with Crippen molar-refractivity contribution in [2.75, 3.05) is 0 Å². The first-order chi connectivity index (χ1) is 42.0. The molecule has 2 aliphatic rings. The highest BCUT2D eigenvalue weighted by Gasteiger charge is 2.55. The van der Waals surface area contributed by atoms with Gasteiger partial charge in [-0.3, -0.25) is 0 Å². The number of phenolic OH excluding ortho intramolecular Hbond substituents is 2. The Morgan fingerprint density at radius 2 is 0.635 bits per heavy atom. The summed E-state index contributed by atoms with van der Waals surface area (Å²) in [5, 5.41) is 22.5. The second kappa shape index (κ2) is 47.5. The monoisotopic (exact) mass is 1170 g/mol. The van der Waals surface area contributed by atoms with Crippen molar-refractivity contribution in [1.29, 1.82) is 0 Å². The SMILES string of the molecule is CCCCCCCCCCCCCCCCCCCCCCCCCCCCCCc1c(O)cc2c(c1CCCCCCCCCCCCCCCCCCCCCCCCCCCCCC)C1(OC(=O)c3ccccc31)c1ccc(O)cc1O2. The number of ether oxygens (including phenoxy) is 2. The Morgan fingerprint density at radius 1 is 0.329 bits per heavy atom. The third kappa shape index (κ3) is 28.7. The largest absolute Gasteiger partial charge is 0.508 e. The lowest BCUT2D eigenvalue weighted by Gasteiger charge is -2.39. The van der Waals surface area contributed by atoms with Crippen molar-refractivity contribution >= 4 is 5.97 Å². The summed E-state index contributed by atoms with van der Waals surface area (Å²) in [7, 11) is 0. The van der Waals surface area contributed by atoms with Crippen LogP contribution in [0.4, 0.5) is 0 Å². The summed E-state index contributed by atoms with van der Waals surface area (Å²) >= 11 is 0. The molecule has 0 saturated heterocycles. The predicted molar refractivity (Wildman–Crippen MR) is 365 cm³/mol. The molecular weight excluding hydrogens is 1040 g/mol. The number of benzene rings is 3. The van der Waals surface area contributed by atoms with Crippen LogP contribution >= 0.6 is 0 Å². The molecule has 5 rings (SSSR count). The Kier molecular flexibility index (Phi) is 40.4. The molecule has 2 N–H and O–H groups in total. The number of aromatic hydroxyl groups is 2. The Labute approximate surface area is 524 Å². The first-order valence-electron chi connectivity index (χ1n) is 37.7. The van der Waals surface area contributed by atoms with Gasteiger partial charge in [-0.2, -0.15) is 0 Å². The van der Waals surface area contributed by atoms with Crippen LogP contribution in [-0.4, -0.2) is 16.2 Å². The molecule has 0 fully saturated rings. The maximum absolute atomic E-state index is 13.8. The minimum Gasteiger partial charge on any atom is -0.508 e. The molecule has 2 aliphatic heterocycles. The van der Waals surface area contributed by atoms with Crippen LogP contribution in [0.3, 0.4) is 0 Å². The van der Waals surface area contributed by atoms with E-state index in [0.717, 1.165) is 66.3 Å². The van der Waals surface area contributed by atoms with Crippen molar-refractivity contribution in [1.82, 2.24) is 0 Å². The molecule has 0 bridgehead atoms. The van der Waals surface area contributed by atoms with Crippen LogP contribution < -0.4 is 4.74 Å². The van der Waals surface area contributed by atoms with Crippen molar-refractivity contribution < 1.29 is 24.5 Å². The van der Waals surface area contributed by atoms with E-state index >= 15 is 0 Å². The van der Waals surface area contributed by atoms with Gasteiger partial charge in [-0.25, -0.2) is 4.79 Å². The van der Waals surface area contributed by atoms with Crippen molar-refractivity contribution in [2.45, 2.75) is 392 Å². The third-order valence-electron chi connectivity index (χ3n) is 19.7. The fourth-order valence-corrected chi connectivity index (χ4v) is 14.4. The molecule has 1 atom stereocenters. The molecule has 5 nitrogen and oxygen atoms in total. The van der Waals surface area contributed by atoms with Gasteiger partial charge in [0.2, 0.25) is 0 Å². The molecule has 85 heavy (non-hydrogen) atoms. The maximum atomic E-state index is 13.8. The molecule has 0 aromatic heterocycles. The van der Waals surface area contributed by atoms with Crippen LogP contribution in [0.2, 0.25) is 0 Å². The van der Waals surface area contributed by atoms with Crippen LogP contribution in [0, 0.1) is 0 Å². The summed E-state index contributed by atoms with van der Waals surface area (Å²) in [4.78, 5) is 13.8. The third-order valence-corrected chi connectivity index (χ3v) is 19.7. The summed E-state index contributed by atoms with van der Waals surface area (Å²) < 4.78 is 13.2. The van der Waals surface area contributed by atoms with E-state index in [0.29, 0.717) is 17.1 Å². The fraction of sp³-hybridized carbons (Fsp3) is 0.762. The van der Waals surface area contributed by atoms with Gasteiger partial charge in [0.25, 0.3) is 0 Å². The summed E-state index contributed by atoms with van der Waals surface area (Å²) in [6.07, 6.45) is 79.1. The minimum atomic E-state index is -1.22. The van der Waals surface area contributed by atoms with Crippen LogP contribution in [-0.2, 0) is 23.2 Å². The molecule has 3 aromatic carbocycles. The lowest BCUT2D eigenvalue weighted by molar-refractivity contribution is 0.0221. The van der Waals surface area contributed by atoms with Crippen LogP contribution in [0.5, 0.6) is 23.0 Å². The van der Waals surface area contributed by atoms with E-state index in [1.54, 1.807) is 18.2 Å². The Morgan fingerprint density at radius 3 is 0.976 bits per heavy atom. The van der Waals surface area contributed by atoms with Gasteiger partial charge >= 0.3 is 5.97 Å². The zero-order chi connectivity index (χ0) is 59.9. The first kappa shape index (κ1) is 72.3. The van der Waals surface area contributed by atoms with Gasteiger partial charge in [-0.15, -0.1) is 0 Å². The van der Waals surface area contributed by atoms with Crippen molar-refractivity contribution in [3.63, 3.8) is 0 Å². The van der Waals surface area contributed by atoms with E-state index in [-0.39, 0.29) is 17.5 Å². The number of carbonyl (C=O) groups is 1. The molecule has 482 valence electrons. The number of rotatable bonds is 58. The number of unbranched alkanes of at least 4 members (excludes halogenated alkanes) is 54. The van der Waals surface area contributed by atoms with Gasteiger partial charge in [-0.1, -0.05) is 379 Å². The van der Waals surface area contributed by atoms with E-state index in [1.165, 1.54) is 334 Å². The quantitative estimate of drug-likeness (QED) is 0.0435. The van der Waals surface area contributed by atoms with Gasteiger partial charge in [-0.05, 0) is 55.0 Å². The van der Waals surface area contributed by atoms with E-state index in [1.807, 2.05) is 30.3 Å². The number of phenols is 2. The van der Waals surface area contributed by atoms with Gasteiger partial charge in [0.05, 0.1) is 11.1 Å². The van der Waals surface area contributed by atoms with E-state index in [9.17, 15) is 15.0 Å². The zero-order valence-corrected chi connectivity index (χ0v) is 55.8. The van der Waals surface area contributed by atoms with E-state index in [2.05, 4.69) is 13.8 Å². The molecule has 3 aromatic rings. The number of hydrogen-bond donors (Lipinski definition) is 2. The summed E-state index contributed by atoms with van der Waals surface area (Å²) in [5.74, 6) is 0.943. The van der Waals surface area contributed by atoms with Crippen LogP contribution in [0.25, 0.3) is 0 Å². The van der Waals surface area contributed by atoms with Crippen molar-refractivity contribution in [2.24, 2.45) is 0 Å². The molecule has 0 saturated carbocycles. The van der Waals surface area contributed by atoms with E-state index < -0.39 is 5.60 Å². The summed E-state index contributed by atoms with van der Waals surface area (Å²) in [6, 6.07) is 14.6. The predicted octanol–water partition coefficient (Wildman–Crippen LogP) is 26.6. The average Bonchev–Trinajstić information content (AvgIpc) is 1.71. The minimum absolute atomic E-state index is 0.0814. The summed E-state index contributed by atoms with van der Waals surface area (Å²) in [6.45, 7) is 4.61. The molecule has 5 heteroatoms. The van der Waals surface area contributed by atoms with Gasteiger partial charge in [0, 0.05) is 23.3 Å². The number of fused-ring (bicyclic) bond motifs is 6. The highest BCUT2D eigenvalue weighted by Crippen LogP contribution is 2.59. The van der Waals surface area contributed by atoms with E-state index in [4.69, 9.17) is 9.47 Å². The normalized spacial score (nSPS) is 14.3. The van der Waals surface area contributed by atoms with Crippen molar-refractivity contribution in [3.8, 4) is 23.0 Å². The topological polar surface area (TPSA) is 76.0 Å². The fourth-order valence-electron chi connectivity index (χ4n) is 14.4. The lowest BCUT2D eigenvalue weighted by atomic mass is 9.73. The number of hydrogen-bond acceptors (Lipinski definition) is 5. The Balaban J connectivity index is 0.935. The molecule has 0 amide bonds. The van der Waals surface area contributed by atoms with Gasteiger partial charge < -0.3 is 19.7 Å². The van der Waals surface area contributed by atoms with Gasteiger partial charge in [0.1, 0.15) is 23.0 Å². The Hall–Kier alpha value is -3.47. The number of carbonyl (C=O) groups excluding carboxylic acids is 1. The second-order valence-corrected chi connectivity index (χ2v) is 27.2. The average molecular weight is 1170 g/mol. The first-order valence-corrected chi connectivity index (χ1v) is 37.7. The van der Waals surface area contributed by atoms with Gasteiger partial charge in [0.15, 0.2) is 5.60 Å².